The Morgan fingerprint density at radius 1 is 1.12 bits per heavy atom. The molecule has 0 aliphatic heterocycles. The highest BCUT2D eigenvalue weighted by Crippen LogP contribution is 2.21. The van der Waals surface area contributed by atoms with Crippen molar-refractivity contribution in [3.05, 3.63) is 63.9 Å². The molecule has 0 saturated heterocycles. The number of esters is 1. The third-order valence-corrected chi connectivity index (χ3v) is 4.85. The summed E-state index contributed by atoms with van der Waals surface area (Å²) in [6.07, 6.45) is 0. The molecular formula is C15H12BrFN2O5S. The molecule has 0 heterocycles. The summed E-state index contributed by atoms with van der Waals surface area (Å²) in [5.74, 6) is -2.67. The number of sulfonamides is 1. The molecule has 10 heteroatoms. The fourth-order valence-corrected chi connectivity index (χ4v) is 3.26. The van der Waals surface area contributed by atoms with E-state index in [0.29, 0.717) is 4.47 Å². The summed E-state index contributed by atoms with van der Waals surface area (Å²) in [5.41, 5.74) is 1.33. The third kappa shape index (κ3) is 4.41. The van der Waals surface area contributed by atoms with Crippen LogP contribution in [0.5, 0.6) is 0 Å². The van der Waals surface area contributed by atoms with Crippen LogP contribution in [0.1, 0.15) is 20.7 Å². The van der Waals surface area contributed by atoms with Crippen molar-refractivity contribution in [3.63, 3.8) is 0 Å². The molecule has 7 nitrogen and oxygen atoms in total. The number of benzene rings is 2. The van der Waals surface area contributed by atoms with Gasteiger partial charge in [-0.15, -0.1) is 4.83 Å². The van der Waals surface area contributed by atoms with Gasteiger partial charge >= 0.3 is 5.97 Å². The molecule has 0 aliphatic carbocycles. The van der Waals surface area contributed by atoms with E-state index in [4.69, 9.17) is 0 Å². The van der Waals surface area contributed by atoms with E-state index in [9.17, 15) is 22.4 Å². The van der Waals surface area contributed by atoms with E-state index in [0.717, 1.165) is 19.2 Å². The van der Waals surface area contributed by atoms with E-state index in [1.54, 1.807) is 0 Å². The van der Waals surface area contributed by atoms with E-state index in [1.807, 2.05) is 10.3 Å². The van der Waals surface area contributed by atoms with Gasteiger partial charge in [-0.05, 0) is 30.3 Å². The normalized spacial score (nSPS) is 11.0. The van der Waals surface area contributed by atoms with Crippen LogP contribution in [0.4, 0.5) is 4.39 Å². The molecule has 0 unspecified atom stereocenters. The monoisotopic (exact) mass is 430 g/mol. The Bertz CT molecular complexity index is 933. The Hall–Kier alpha value is -2.30. The number of nitrogens with one attached hydrogen (secondary N) is 2. The van der Waals surface area contributed by atoms with E-state index in [1.165, 1.54) is 30.3 Å². The lowest BCUT2D eigenvalue weighted by Gasteiger charge is -2.12. The molecular weight excluding hydrogens is 419 g/mol. The smallest absolute Gasteiger partial charge is 0.339 e. The quantitative estimate of drug-likeness (QED) is 0.557. The number of amides is 1. The molecule has 2 N–H and O–H groups in total. The lowest BCUT2D eigenvalue weighted by atomic mass is 10.2. The summed E-state index contributed by atoms with van der Waals surface area (Å²) >= 11 is 3.13. The minimum Gasteiger partial charge on any atom is -0.465 e. The Kier molecular flexibility index (Phi) is 5.88. The van der Waals surface area contributed by atoms with Crippen LogP contribution in [0.25, 0.3) is 0 Å². The molecule has 0 spiro atoms. The number of hydrazine groups is 1. The first-order valence-electron chi connectivity index (χ1n) is 6.71. The van der Waals surface area contributed by atoms with Crippen LogP contribution in [0.3, 0.4) is 0 Å². The highest BCUT2D eigenvalue weighted by Gasteiger charge is 2.24. The predicted octanol–water partition coefficient (Wildman–Crippen LogP) is 2.00. The molecule has 0 saturated carbocycles. The van der Waals surface area contributed by atoms with Crippen molar-refractivity contribution in [2.75, 3.05) is 7.11 Å². The molecule has 0 fully saturated rings. The molecule has 25 heavy (non-hydrogen) atoms. The SMILES string of the molecule is COC(=O)c1cc(Br)ccc1S(=O)(=O)NNC(=O)c1ccccc1F. The zero-order valence-corrected chi connectivity index (χ0v) is 15.1. The number of rotatable bonds is 5. The summed E-state index contributed by atoms with van der Waals surface area (Å²) in [4.78, 5) is 25.1. The molecule has 132 valence electrons. The first-order chi connectivity index (χ1) is 11.8. The number of carbonyl (C=O) groups is 2. The van der Waals surface area contributed by atoms with Gasteiger partial charge in [-0.25, -0.2) is 17.6 Å². The van der Waals surface area contributed by atoms with Crippen LogP contribution < -0.4 is 10.3 Å². The summed E-state index contributed by atoms with van der Waals surface area (Å²) in [6, 6.07) is 8.90. The Balaban J connectivity index is 2.27. The molecule has 1 amide bonds. The van der Waals surface area contributed by atoms with Crippen molar-refractivity contribution < 1.29 is 27.1 Å². The van der Waals surface area contributed by atoms with Gasteiger partial charge < -0.3 is 4.74 Å². The molecule has 2 aromatic rings. The predicted molar refractivity (Wildman–Crippen MR) is 89.7 cm³/mol. The molecule has 2 rings (SSSR count). The van der Waals surface area contributed by atoms with Gasteiger partial charge in [0.1, 0.15) is 5.82 Å². The molecule has 0 aromatic heterocycles. The van der Waals surface area contributed by atoms with Gasteiger partial charge in [0.25, 0.3) is 15.9 Å². The van der Waals surface area contributed by atoms with Crippen molar-refractivity contribution in [1.29, 1.82) is 0 Å². The minimum atomic E-state index is -4.30. The zero-order chi connectivity index (χ0) is 18.6. The molecule has 0 aliphatic rings. The summed E-state index contributed by atoms with van der Waals surface area (Å²) < 4.78 is 43.3. The van der Waals surface area contributed by atoms with Crippen LogP contribution in [-0.4, -0.2) is 27.4 Å². The molecule has 0 atom stereocenters. The highest BCUT2D eigenvalue weighted by atomic mass is 79.9. The zero-order valence-electron chi connectivity index (χ0n) is 12.7. The standard InChI is InChI=1S/C15H12BrFN2O5S/c1-24-15(21)11-8-9(16)6-7-13(11)25(22,23)19-18-14(20)10-4-2-3-5-12(10)17/h2-8,19H,1H3,(H,18,20). The van der Waals surface area contributed by atoms with Gasteiger partial charge in [0.15, 0.2) is 0 Å². The van der Waals surface area contributed by atoms with E-state index in [2.05, 4.69) is 20.7 Å². The van der Waals surface area contributed by atoms with Crippen molar-refractivity contribution in [2.45, 2.75) is 4.90 Å². The maximum atomic E-state index is 13.5. The Morgan fingerprint density at radius 2 is 1.80 bits per heavy atom. The fraction of sp³-hybridized carbons (Fsp3) is 0.0667. The Morgan fingerprint density at radius 3 is 2.44 bits per heavy atom. The maximum Gasteiger partial charge on any atom is 0.339 e. The molecule has 0 radical (unpaired) electrons. The van der Waals surface area contributed by atoms with Crippen LogP contribution >= 0.6 is 15.9 Å². The summed E-state index contributed by atoms with van der Waals surface area (Å²) in [6.45, 7) is 0. The number of halogens is 2. The number of hydrogen-bond acceptors (Lipinski definition) is 5. The second-order valence-electron chi connectivity index (χ2n) is 4.67. The average molecular weight is 431 g/mol. The van der Waals surface area contributed by atoms with Gasteiger partial charge in [0, 0.05) is 4.47 Å². The maximum absolute atomic E-state index is 13.5. The lowest BCUT2D eigenvalue weighted by molar-refractivity contribution is 0.0596. The van der Waals surface area contributed by atoms with Crippen molar-refractivity contribution in [3.8, 4) is 0 Å². The van der Waals surface area contributed by atoms with Crippen molar-refractivity contribution in [2.24, 2.45) is 0 Å². The number of methoxy groups -OCH3 is 1. The summed E-state index contributed by atoms with van der Waals surface area (Å²) in [7, 11) is -3.20. The fourth-order valence-electron chi connectivity index (χ4n) is 1.89. The van der Waals surface area contributed by atoms with Gasteiger partial charge in [-0.2, -0.15) is 0 Å². The van der Waals surface area contributed by atoms with Gasteiger partial charge in [-0.3, -0.25) is 10.2 Å². The van der Waals surface area contributed by atoms with Gasteiger partial charge in [0.2, 0.25) is 0 Å². The highest BCUT2D eigenvalue weighted by molar-refractivity contribution is 9.10. The second-order valence-corrected chi connectivity index (χ2v) is 7.24. The van der Waals surface area contributed by atoms with Crippen molar-refractivity contribution in [1.82, 2.24) is 10.3 Å². The van der Waals surface area contributed by atoms with Crippen LogP contribution in [0, 0.1) is 5.82 Å². The van der Waals surface area contributed by atoms with Crippen molar-refractivity contribution >= 4 is 37.8 Å². The summed E-state index contributed by atoms with van der Waals surface area (Å²) in [5, 5.41) is 0. The molecule has 0 bridgehead atoms. The first kappa shape index (κ1) is 19.0. The number of carbonyl (C=O) groups excluding carboxylic acids is 2. The Labute approximate surface area is 151 Å². The third-order valence-electron chi connectivity index (χ3n) is 3.05. The first-order valence-corrected chi connectivity index (χ1v) is 8.98. The van der Waals surface area contributed by atoms with E-state index in [-0.39, 0.29) is 11.1 Å². The molecule has 2 aromatic carbocycles. The van der Waals surface area contributed by atoms with Gasteiger partial charge in [-0.1, -0.05) is 28.1 Å². The lowest BCUT2D eigenvalue weighted by Crippen LogP contribution is -2.42. The van der Waals surface area contributed by atoms with E-state index < -0.39 is 32.6 Å². The van der Waals surface area contributed by atoms with Gasteiger partial charge in [0.05, 0.1) is 23.1 Å². The largest absolute Gasteiger partial charge is 0.465 e. The number of ether oxygens (including phenoxy) is 1. The minimum absolute atomic E-state index is 0.232. The van der Waals surface area contributed by atoms with Crippen LogP contribution in [0.2, 0.25) is 0 Å². The van der Waals surface area contributed by atoms with Crippen LogP contribution in [-0.2, 0) is 14.8 Å². The topological polar surface area (TPSA) is 102 Å². The second kappa shape index (κ2) is 7.72. The van der Waals surface area contributed by atoms with Crippen LogP contribution in [0.15, 0.2) is 51.8 Å². The van der Waals surface area contributed by atoms with E-state index >= 15 is 0 Å². The average Bonchev–Trinajstić information content (AvgIpc) is 2.59. The number of hydrogen-bond donors (Lipinski definition) is 2.